The third kappa shape index (κ3) is 9.20. The molecular weight excluding hydrogens is 580 g/mol. The Bertz CT molecular complexity index is 1210. The van der Waals surface area contributed by atoms with Gasteiger partial charge in [-0.15, -0.1) is 0 Å². The number of benzene rings is 1. The maximum absolute atomic E-state index is 14.0. The summed E-state index contributed by atoms with van der Waals surface area (Å²) in [4.78, 5) is 60.1. The lowest BCUT2D eigenvalue weighted by Gasteiger charge is -2.39. The Balaban J connectivity index is 1.74. The van der Waals surface area contributed by atoms with Crippen LogP contribution >= 0.6 is 0 Å². The molecule has 2 heterocycles. The van der Waals surface area contributed by atoms with E-state index < -0.39 is 12.1 Å². The van der Waals surface area contributed by atoms with E-state index in [9.17, 15) is 19.2 Å². The van der Waals surface area contributed by atoms with Gasteiger partial charge in [-0.2, -0.15) is 0 Å². The van der Waals surface area contributed by atoms with Crippen LogP contribution in [-0.4, -0.2) is 88.7 Å². The molecule has 0 saturated carbocycles. The van der Waals surface area contributed by atoms with Crippen LogP contribution in [0, 0.1) is 11.8 Å². The van der Waals surface area contributed by atoms with Crippen molar-refractivity contribution < 1.29 is 23.9 Å². The van der Waals surface area contributed by atoms with Gasteiger partial charge >= 0.3 is 5.97 Å². The number of rotatable bonds is 13. The Morgan fingerprint density at radius 2 is 1.59 bits per heavy atom. The predicted octanol–water partition coefficient (Wildman–Crippen LogP) is 5.50. The van der Waals surface area contributed by atoms with Crippen molar-refractivity contribution in [2.24, 2.45) is 11.8 Å². The van der Waals surface area contributed by atoms with Crippen LogP contribution in [0.2, 0.25) is 0 Å². The molecule has 0 unspecified atom stereocenters. The molecule has 0 aliphatic carbocycles. The van der Waals surface area contributed by atoms with Crippen LogP contribution in [0.15, 0.2) is 42.0 Å². The molecule has 1 aromatic carbocycles. The van der Waals surface area contributed by atoms with Crippen molar-refractivity contribution in [3.63, 3.8) is 0 Å². The molecule has 9 heteroatoms. The lowest BCUT2D eigenvalue weighted by Crippen LogP contribution is -2.58. The molecule has 0 aromatic heterocycles. The monoisotopic (exact) mass is 638 g/mol. The number of likely N-dealkylation sites (N-methyl/N-ethyl adjacent to an activating group) is 1. The number of piperidine rings is 1. The summed E-state index contributed by atoms with van der Waals surface area (Å²) in [5.74, 6) is -0.995. The van der Waals surface area contributed by atoms with Crippen molar-refractivity contribution in [2.45, 2.75) is 130 Å². The Morgan fingerprint density at radius 3 is 2.17 bits per heavy atom. The number of carbonyl (C=O) groups is 4. The van der Waals surface area contributed by atoms with Crippen molar-refractivity contribution in [3.8, 4) is 0 Å². The second kappa shape index (κ2) is 17.1. The van der Waals surface area contributed by atoms with Gasteiger partial charge in [0.2, 0.25) is 17.7 Å². The molecule has 5 atom stereocenters. The van der Waals surface area contributed by atoms with Crippen LogP contribution < -0.4 is 5.32 Å². The molecule has 0 spiro atoms. The summed E-state index contributed by atoms with van der Waals surface area (Å²) in [7, 11) is 1.74. The summed E-state index contributed by atoms with van der Waals surface area (Å²) in [6, 6.07) is 7.96. The van der Waals surface area contributed by atoms with Gasteiger partial charge in [0.1, 0.15) is 18.2 Å². The van der Waals surface area contributed by atoms with E-state index in [1.54, 1.807) is 23.8 Å². The minimum Gasteiger partial charge on any atom is -0.456 e. The highest BCUT2D eigenvalue weighted by atomic mass is 16.5. The zero-order chi connectivity index (χ0) is 34.1. The Hall–Kier alpha value is -3.20. The van der Waals surface area contributed by atoms with Gasteiger partial charge in [-0.3, -0.25) is 19.3 Å². The van der Waals surface area contributed by atoms with Crippen molar-refractivity contribution in [3.05, 3.63) is 47.5 Å². The summed E-state index contributed by atoms with van der Waals surface area (Å²) in [6.07, 6.45) is 6.24. The predicted molar refractivity (Wildman–Crippen MR) is 182 cm³/mol. The van der Waals surface area contributed by atoms with Crippen LogP contribution in [0.5, 0.6) is 0 Å². The lowest BCUT2D eigenvalue weighted by molar-refractivity contribution is -0.157. The van der Waals surface area contributed by atoms with Gasteiger partial charge in [0.25, 0.3) is 0 Å². The summed E-state index contributed by atoms with van der Waals surface area (Å²) < 4.78 is 5.92. The van der Waals surface area contributed by atoms with Crippen molar-refractivity contribution in [1.82, 2.24) is 20.0 Å². The van der Waals surface area contributed by atoms with Crippen molar-refractivity contribution in [1.29, 1.82) is 0 Å². The van der Waals surface area contributed by atoms with E-state index in [0.29, 0.717) is 25.0 Å². The second-order valence-corrected chi connectivity index (χ2v) is 14.0. The number of nitrogens with zero attached hydrogens (tertiary/aromatic N) is 3. The molecule has 2 fully saturated rings. The van der Waals surface area contributed by atoms with Crippen LogP contribution in [0.25, 0.3) is 0 Å². The smallest absolute Gasteiger partial charge is 0.329 e. The number of nitrogens with one attached hydrogen (secondary N) is 1. The molecule has 2 saturated heterocycles. The van der Waals surface area contributed by atoms with E-state index in [1.807, 2.05) is 71.0 Å². The Morgan fingerprint density at radius 1 is 0.935 bits per heavy atom. The van der Waals surface area contributed by atoms with E-state index in [-0.39, 0.29) is 59.8 Å². The standard InChI is InChI=1S/C37H58N4O5/c1-10-32(28-17-12-11-13-18-28)46-37(45)30-20-16-22-41(30)35(43)27(8)23-31(24(2)3)39(9)36(44)33(25(4)5)38-34(42)29-19-14-15-21-40(29)26(6)7/h11-13,17-18,23-26,29-33H,10,14-16,19-22H2,1-9H3,(H,38,42)/t29-,30+,31-,32+,33+/m1/s1. The van der Waals surface area contributed by atoms with Gasteiger partial charge in [-0.25, -0.2) is 4.79 Å². The number of carbonyl (C=O) groups excluding carboxylic acids is 4. The van der Waals surface area contributed by atoms with Gasteiger partial charge in [0.05, 0.1) is 12.1 Å². The molecule has 46 heavy (non-hydrogen) atoms. The fourth-order valence-corrected chi connectivity index (χ4v) is 6.82. The fraction of sp³-hybridized carbons (Fsp3) is 0.676. The summed E-state index contributed by atoms with van der Waals surface area (Å²) >= 11 is 0. The SMILES string of the molecule is CC[C@H](OC(=O)[C@@H]1CCCN1C(=O)C(C)=C[C@H](C(C)C)N(C)C(=O)[C@@H](NC(=O)[C@H]1CCCCN1C(C)C)C(C)C)c1ccccc1. The van der Waals surface area contributed by atoms with E-state index in [0.717, 1.165) is 37.8 Å². The zero-order valence-electron chi connectivity index (χ0n) is 29.6. The van der Waals surface area contributed by atoms with E-state index >= 15 is 0 Å². The summed E-state index contributed by atoms with van der Waals surface area (Å²) in [5.41, 5.74) is 1.41. The second-order valence-electron chi connectivity index (χ2n) is 14.0. The molecule has 3 rings (SSSR count). The van der Waals surface area contributed by atoms with Crippen LogP contribution in [0.3, 0.4) is 0 Å². The molecular formula is C37H58N4O5. The molecule has 3 amide bonds. The third-order valence-electron chi connectivity index (χ3n) is 9.56. The van der Waals surface area contributed by atoms with E-state index in [4.69, 9.17) is 4.74 Å². The van der Waals surface area contributed by atoms with E-state index in [2.05, 4.69) is 24.1 Å². The molecule has 2 aliphatic heterocycles. The van der Waals surface area contributed by atoms with Crippen LogP contribution in [0.4, 0.5) is 0 Å². The number of likely N-dealkylation sites (tertiary alicyclic amines) is 2. The van der Waals surface area contributed by atoms with Crippen LogP contribution in [0.1, 0.15) is 106 Å². The highest BCUT2D eigenvalue weighted by molar-refractivity contribution is 5.96. The van der Waals surface area contributed by atoms with Crippen molar-refractivity contribution in [2.75, 3.05) is 20.1 Å². The molecule has 1 aromatic rings. The first kappa shape index (κ1) is 37.3. The molecule has 256 valence electrons. The molecule has 0 bridgehead atoms. The first-order chi connectivity index (χ1) is 21.8. The zero-order valence-corrected chi connectivity index (χ0v) is 29.6. The average molecular weight is 639 g/mol. The van der Waals surface area contributed by atoms with E-state index in [1.165, 1.54) is 0 Å². The third-order valence-corrected chi connectivity index (χ3v) is 9.56. The first-order valence-electron chi connectivity index (χ1n) is 17.4. The maximum atomic E-state index is 14.0. The van der Waals surface area contributed by atoms with Crippen LogP contribution in [-0.2, 0) is 23.9 Å². The lowest BCUT2D eigenvalue weighted by atomic mass is 9.95. The highest BCUT2D eigenvalue weighted by Gasteiger charge is 2.38. The molecule has 1 N–H and O–H groups in total. The number of hydrogen-bond donors (Lipinski definition) is 1. The van der Waals surface area contributed by atoms with Crippen molar-refractivity contribution >= 4 is 23.7 Å². The van der Waals surface area contributed by atoms with Gasteiger partial charge in [0, 0.05) is 25.2 Å². The molecule has 2 aliphatic rings. The number of hydrogen-bond acceptors (Lipinski definition) is 6. The van der Waals surface area contributed by atoms with Gasteiger partial charge in [-0.1, -0.05) is 77.4 Å². The number of ether oxygens (including phenoxy) is 1. The summed E-state index contributed by atoms with van der Waals surface area (Å²) in [5, 5.41) is 3.10. The topological polar surface area (TPSA) is 99.3 Å². The maximum Gasteiger partial charge on any atom is 0.329 e. The Labute approximate surface area is 277 Å². The van der Waals surface area contributed by atoms with Gasteiger partial charge in [0.15, 0.2) is 0 Å². The quantitative estimate of drug-likeness (QED) is 0.226. The minimum atomic E-state index is -0.687. The molecule has 0 radical (unpaired) electrons. The van der Waals surface area contributed by atoms with Gasteiger partial charge < -0.3 is 19.9 Å². The largest absolute Gasteiger partial charge is 0.456 e. The summed E-state index contributed by atoms with van der Waals surface area (Å²) in [6.45, 7) is 17.2. The van der Waals surface area contributed by atoms with Gasteiger partial charge in [-0.05, 0) is 76.8 Å². The fourth-order valence-electron chi connectivity index (χ4n) is 6.82. The normalized spacial score (nSPS) is 21.3. The number of amides is 3. The highest BCUT2D eigenvalue weighted by Crippen LogP contribution is 2.27. The minimum absolute atomic E-state index is 0.00511. The number of esters is 1. The Kier molecular flexibility index (Phi) is 13.8. The average Bonchev–Trinajstić information content (AvgIpc) is 3.54. The first-order valence-corrected chi connectivity index (χ1v) is 17.4. The molecule has 9 nitrogen and oxygen atoms in total.